The van der Waals surface area contributed by atoms with Crippen LogP contribution in [0.5, 0.6) is 0 Å². The first kappa shape index (κ1) is 21.2. The minimum Gasteiger partial charge on any atom is -0.468 e. The predicted molar refractivity (Wildman–Crippen MR) is 104 cm³/mol. The zero-order chi connectivity index (χ0) is 15.7. The molecule has 0 saturated heterocycles. The molecule has 5 nitrogen and oxygen atoms in total. The molecule has 1 aromatic rings. The summed E-state index contributed by atoms with van der Waals surface area (Å²) in [7, 11) is 1.80. The number of hydrogen-bond acceptors (Lipinski definition) is 3. The number of halogens is 1. The molecular formula is C16H31IN4O. The van der Waals surface area contributed by atoms with Gasteiger partial charge in [-0.15, -0.1) is 24.0 Å². The molecule has 2 unspecified atom stereocenters. The molecular weight excluding hydrogens is 391 g/mol. The van der Waals surface area contributed by atoms with E-state index in [0.717, 1.165) is 37.8 Å². The first-order valence-corrected chi connectivity index (χ1v) is 7.90. The lowest BCUT2D eigenvalue weighted by Gasteiger charge is -2.29. The maximum atomic E-state index is 5.61. The van der Waals surface area contributed by atoms with E-state index in [1.54, 1.807) is 13.3 Å². The summed E-state index contributed by atoms with van der Waals surface area (Å²) >= 11 is 0. The van der Waals surface area contributed by atoms with Gasteiger partial charge in [0.25, 0.3) is 0 Å². The van der Waals surface area contributed by atoms with Crippen LogP contribution in [0.25, 0.3) is 0 Å². The molecule has 2 N–H and O–H groups in total. The molecule has 1 heterocycles. The van der Waals surface area contributed by atoms with E-state index in [0.29, 0.717) is 6.04 Å². The number of likely N-dealkylation sites (N-methyl/N-ethyl adjacent to an activating group) is 1. The van der Waals surface area contributed by atoms with E-state index in [4.69, 9.17) is 4.42 Å². The second-order valence-electron chi connectivity index (χ2n) is 5.16. The highest BCUT2D eigenvalue weighted by Gasteiger charge is 2.20. The molecule has 0 aromatic carbocycles. The predicted octanol–water partition coefficient (Wildman–Crippen LogP) is 3.24. The van der Waals surface area contributed by atoms with Crippen LogP contribution >= 0.6 is 24.0 Å². The average molecular weight is 422 g/mol. The molecule has 0 amide bonds. The Morgan fingerprint density at radius 2 is 2.00 bits per heavy atom. The Kier molecular flexibility index (Phi) is 11.4. The van der Waals surface area contributed by atoms with Crippen molar-refractivity contribution in [3.63, 3.8) is 0 Å². The zero-order valence-electron chi connectivity index (χ0n) is 14.4. The lowest BCUT2D eigenvalue weighted by molar-refractivity contribution is 0.193. The smallest absolute Gasteiger partial charge is 0.191 e. The van der Waals surface area contributed by atoms with Crippen LogP contribution in [0, 0.1) is 0 Å². The number of nitrogens with zero attached hydrogens (tertiary/aromatic N) is 2. The Morgan fingerprint density at radius 1 is 1.32 bits per heavy atom. The Morgan fingerprint density at radius 3 is 2.45 bits per heavy atom. The van der Waals surface area contributed by atoms with E-state index in [1.807, 2.05) is 12.1 Å². The fraction of sp³-hybridized carbons (Fsp3) is 0.688. The van der Waals surface area contributed by atoms with Gasteiger partial charge in [0, 0.05) is 19.6 Å². The Balaban J connectivity index is 0.00000441. The van der Waals surface area contributed by atoms with E-state index in [-0.39, 0.29) is 30.0 Å². The van der Waals surface area contributed by atoms with Crippen LogP contribution in [0.15, 0.2) is 27.8 Å². The third-order valence-electron chi connectivity index (χ3n) is 3.81. The first-order chi connectivity index (χ1) is 10.2. The van der Waals surface area contributed by atoms with Crippen molar-refractivity contribution in [2.75, 3.05) is 26.7 Å². The van der Waals surface area contributed by atoms with Crippen LogP contribution in [-0.2, 0) is 0 Å². The molecule has 0 spiro atoms. The van der Waals surface area contributed by atoms with Gasteiger partial charge >= 0.3 is 0 Å². The number of rotatable bonds is 8. The molecule has 1 aromatic heterocycles. The molecule has 2 atom stereocenters. The average Bonchev–Trinajstić information content (AvgIpc) is 3.03. The highest BCUT2D eigenvalue weighted by atomic mass is 127. The monoisotopic (exact) mass is 422 g/mol. The van der Waals surface area contributed by atoms with Crippen LogP contribution in [0.1, 0.15) is 45.9 Å². The number of aliphatic imine (C=N–C) groups is 1. The third-order valence-corrected chi connectivity index (χ3v) is 3.81. The van der Waals surface area contributed by atoms with Crippen LogP contribution < -0.4 is 10.6 Å². The highest BCUT2D eigenvalue weighted by Crippen LogP contribution is 2.20. The van der Waals surface area contributed by atoms with Crippen LogP contribution in [0.3, 0.4) is 0 Å². The Bertz CT molecular complexity index is 404. The molecule has 22 heavy (non-hydrogen) atoms. The van der Waals surface area contributed by atoms with Crippen molar-refractivity contribution in [1.29, 1.82) is 0 Å². The summed E-state index contributed by atoms with van der Waals surface area (Å²) in [6, 6.07) is 4.60. The lowest BCUT2D eigenvalue weighted by Crippen LogP contribution is -2.45. The standard InChI is InChI=1S/C16H30N4O.HI/c1-6-13(4)19-16(17-5)18-12-14(20(7-2)8-3)15-10-9-11-21-15;/h9-11,13-14H,6-8,12H2,1-5H3,(H2,17,18,19);1H. The molecule has 0 aliphatic carbocycles. The maximum Gasteiger partial charge on any atom is 0.191 e. The van der Waals surface area contributed by atoms with Gasteiger partial charge in [0.2, 0.25) is 0 Å². The largest absolute Gasteiger partial charge is 0.468 e. The molecule has 0 fully saturated rings. The summed E-state index contributed by atoms with van der Waals surface area (Å²) in [6.07, 6.45) is 2.80. The molecule has 1 rings (SSSR count). The minimum atomic E-state index is 0. The third kappa shape index (κ3) is 6.56. The molecule has 0 saturated carbocycles. The molecule has 0 bridgehead atoms. The van der Waals surface area contributed by atoms with E-state index in [2.05, 4.69) is 48.2 Å². The van der Waals surface area contributed by atoms with Crippen molar-refractivity contribution in [2.45, 2.75) is 46.2 Å². The van der Waals surface area contributed by atoms with Crippen molar-refractivity contribution < 1.29 is 4.42 Å². The Labute approximate surface area is 152 Å². The normalized spacial score (nSPS) is 14.4. The summed E-state index contributed by atoms with van der Waals surface area (Å²) in [4.78, 5) is 6.66. The maximum absolute atomic E-state index is 5.61. The minimum absolute atomic E-state index is 0. The van der Waals surface area contributed by atoms with Gasteiger partial charge in [-0.3, -0.25) is 9.89 Å². The SMILES string of the molecule is CCC(C)NC(=NC)NCC(c1ccco1)N(CC)CC.I. The van der Waals surface area contributed by atoms with Crippen LogP contribution in [-0.4, -0.2) is 43.6 Å². The van der Waals surface area contributed by atoms with Gasteiger partial charge < -0.3 is 15.1 Å². The second-order valence-corrected chi connectivity index (χ2v) is 5.16. The second kappa shape index (κ2) is 11.8. The van der Waals surface area contributed by atoms with Gasteiger partial charge in [0.05, 0.1) is 12.3 Å². The number of guanidine groups is 1. The summed E-state index contributed by atoms with van der Waals surface area (Å²) < 4.78 is 5.61. The van der Waals surface area contributed by atoms with Gasteiger partial charge in [-0.2, -0.15) is 0 Å². The van der Waals surface area contributed by atoms with E-state index in [1.165, 1.54) is 0 Å². The summed E-state index contributed by atoms with van der Waals surface area (Å²) in [5.74, 6) is 1.83. The molecule has 0 aliphatic rings. The van der Waals surface area contributed by atoms with E-state index < -0.39 is 0 Å². The van der Waals surface area contributed by atoms with Gasteiger partial charge in [-0.1, -0.05) is 20.8 Å². The van der Waals surface area contributed by atoms with Crippen LogP contribution in [0.2, 0.25) is 0 Å². The van der Waals surface area contributed by atoms with Crippen molar-refractivity contribution in [3.05, 3.63) is 24.2 Å². The fourth-order valence-electron chi connectivity index (χ4n) is 2.28. The molecule has 0 aliphatic heterocycles. The Hall–Kier alpha value is -0.760. The lowest BCUT2D eigenvalue weighted by atomic mass is 10.2. The quantitative estimate of drug-likeness (QED) is 0.384. The van der Waals surface area contributed by atoms with Gasteiger partial charge in [0.15, 0.2) is 5.96 Å². The highest BCUT2D eigenvalue weighted by molar-refractivity contribution is 14.0. The number of hydrogen-bond donors (Lipinski definition) is 2. The van der Waals surface area contributed by atoms with Gasteiger partial charge in [-0.05, 0) is 38.6 Å². The molecule has 128 valence electrons. The van der Waals surface area contributed by atoms with Crippen molar-refractivity contribution in [2.24, 2.45) is 4.99 Å². The van der Waals surface area contributed by atoms with E-state index in [9.17, 15) is 0 Å². The summed E-state index contributed by atoms with van der Waals surface area (Å²) in [5, 5.41) is 6.79. The van der Waals surface area contributed by atoms with Gasteiger partial charge in [-0.25, -0.2) is 0 Å². The van der Waals surface area contributed by atoms with Gasteiger partial charge in [0.1, 0.15) is 5.76 Å². The number of furan rings is 1. The van der Waals surface area contributed by atoms with Crippen molar-refractivity contribution in [3.8, 4) is 0 Å². The summed E-state index contributed by atoms with van der Waals surface area (Å²) in [5.41, 5.74) is 0. The number of nitrogens with one attached hydrogen (secondary N) is 2. The van der Waals surface area contributed by atoms with Crippen molar-refractivity contribution >= 4 is 29.9 Å². The first-order valence-electron chi connectivity index (χ1n) is 7.90. The van der Waals surface area contributed by atoms with Crippen molar-refractivity contribution in [1.82, 2.24) is 15.5 Å². The fourth-order valence-corrected chi connectivity index (χ4v) is 2.28. The topological polar surface area (TPSA) is 52.8 Å². The van der Waals surface area contributed by atoms with E-state index >= 15 is 0 Å². The van der Waals surface area contributed by atoms with Crippen LogP contribution in [0.4, 0.5) is 0 Å². The molecule has 6 heteroatoms. The zero-order valence-corrected chi connectivity index (χ0v) is 16.8. The summed E-state index contributed by atoms with van der Waals surface area (Å²) in [6.45, 7) is 11.4. The molecule has 0 radical (unpaired) electrons.